The second-order valence-corrected chi connectivity index (χ2v) is 6.86. The van der Waals surface area contributed by atoms with Crippen LogP contribution in [0.3, 0.4) is 0 Å². The maximum Gasteiger partial charge on any atom is 0.418 e. The Balaban J connectivity index is 1.76. The predicted molar refractivity (Wildman–Crippen MR) is 95.6 cm³/mol. The molecule has 2 aromatic rings. The van der Waals surface area contributed by atoms with Crippen LogP contribution < -0.4 is 5.32 Å². The number of carbonyl (C=O) groups excluding carboxylic acids is 1. The first-order valence-corrected chi connectivity index (χ1v) is 8.71. The molecule has 2 aliphatic rings. The van der Waals surface area contributed by atoms with Crippen LogP contribution in [-0.2, 0) is 10.9 Å². The van der Waals surface area contributed by atoms with Gasteiger partial charge in [-0.25, -0.2) is 4.79 Å². The number of ether oxygens (including phenoxy) is 1. The first-order chi connectivity index (χ1) is 12.9. The van der Waals surface area contributed by atoms with E-state index in [0.717, 1.165) is 18.1 Å². The maximum absolute atomic E-state index is 13.5. The molecule has 1 N–H and O–H groups in total. The SMILES string of the molecule is COC(=O)c1ccc([C@@H]2Nc3c(cccc3C(F)(F)F)[C@H]3C=CC[C@@H]32)cc1. The number of rotatable bonds is 2. The Labute approximate surface area is 154 Å². The van der Waals surface area contributed by atoms with Crippen LogP contribution in [0.4, 0.5) is 18.9 Å². The normalized spacial score (nSPS) is 23.3. The summed E-state index contributed by atoms with van der Waals surface area (Å²) in [6, 6.07) is 10.9. The van der Waals surface area contributed by atoms with Crippen LogP contribution in [0.15, 0.2) is 54.6 Å². The molecule has 2 aromatic carbocycles. The first-order valence-electron chi connectivity index (χ1n) is 8.71. The second-order valence-electron chi connectivity index (χ2n) is 6.86. The molecule has 0 amide bonds. The van der Waals surface area contributed by atoms with Crippen LogP contribution in [0.1, 0.15) is 45.4 Å². The minimum atomic E-state index is -4.42. The van der Waals surface area contributed by atoms with E-state index in [1.54, 1.807) is 30.3 Å². The van der Waals surface area contributed by atoms with E-state index in [9.17, 15) is 18.0 Å². The van der Waals surface area contributed by atoms with Gasteiger partial charge >= 0.3 is 12.1 Å². The van der Waals surface area contributed by atoms with Crippen molar-refractivity contribution in [3.05, 3.63) is 76.9 Å². The van der Waals surface area contributed by atoms with E-state index in [-0.39, 0.29) is 23.6 Å². The molecule has 140 valence electrons. The number of allylic oxidation sites excluding steroid dienone is 2. The van der Waals surface area contributed by atoms with Crippen LogP contribution in [-0.4, -0.2) is 13.1 Å². The Bertz CT molecular complexity index is 903. The van der Waals surface area contributed by atoms with Gasteiger partial charge in [-0.15, -0.1) is 0 Å². The Morgan fingerprint density at radius 2 is 1.89 bits per heavy atom. The third-order valence-corrected chi connectivity index (χ3v) is 5.39. The van der Waals surface area contributed by atoms with E-state index in [1.807, 2.05) is 12.2 Å². The minimum Gasteiger partial charge on any atom is -0.465 e. The molecule has 27 heavy (non-hydrogen) atoms. The van der Waals surface area contributed by atoms with Gasteiger partial charge < -0.3 is 10.1 Å². The van der Waals surface area contributed by atoms with Crippen molar-refractivity contribution in [2.75, 3.05) is 12.4 Å². The fraction of sp³-hybridized carbons (Fsp3) is 0.286. The molecule has 1 aliphatic heterocycles. The number of para-hydroxylation sites is 1. The van der Waals surface area contributed by atoms with Gasteiger partial charge in [0.05, 0.1) is 30.0 Å². The molecular weight excluding hydrogens is 355 g/mol. The Morgan fingerprint density at radius 1 is 1.15 bits per heavy atom. The molecule has 4 rings (SSSR count). The summed E-state index contributed by atoms with van der Waals surface area (Å²) in [6.45, 7) is 0. The van der Waals surface area contributed by atoms with E-state index >= 15 is 0 Å². The molecule has 0 spiro atoms. The number of alkyl halides is 3. The average molecular weight is 373 g/mol. The van der Waals surface area contributed by atoms with Gasteiger partial charge in [-0.2, -0.15) is 13.2 Å². The van der Waals surface area contributed by atoms with Gasteiger partial charge in [-0.05, 0) is 41.7 Å². The highest BCUT2D eigenvalue weighted by Crippen LogP contribution is 2.52. The highest BCUT2D eigenvalue weighted by atomic mass is 19.4. The lowest BCUT2D eigenvalue weighted by Crippen LogP contribution is -2.30. The number of nitrogens with one attached hydrogen (secondary N) is 1. The molecular formula is C21H18F3NO2. The molecule has 3 nitrogen and oxygen atoms in total. The zero-order chi connectivity index (χ0) is 19.2. The van der Waals surface area contributed by atoms with E-state index in [0.29, 0.717) is 11.1 Å². The quantitative estimate of drug-likeness (QED) is 0.572. The molecule has 3 atom stereocenters. The van der Waals surface area contributed by atoms with Crippen LogP contribution in [0.5, 0.6) is 0 Å². The van der Waals surface area contributed by atoms with Crippen molar-refractivity contribution in [3.8, 4) is 0 Å². The molecule has 0 bridgehead atoms. The zero-order valence-electron chi connectivity index (χ0n) is 14.6. The van der Waals surface area contributed by atoms with Crippen molar-refractivity contribution >= 4 is 11.7 Å². The Kier molecular flexibility index (Phi) is 4.21. The predicted octanol–water partition coefficient (Wildman–Crippen LogP) is 5.32. The van der Waals surface area contributed by atoms with Gasteiger partial charge in [0, 0.05) is 5.92 Å². The molecule has 0 aromatic heterocycles. The molecule has 0 unspecified atom stereocenters. The molecule has 0 fully saturated rings. The lowest BCUT2D eigenvalue weighted by Gasteiger charge is -2.38. The molecule has 1 heterocycles. The molecule has 0 saturated heterocycles. The lowest BCUT2D eigenvalue weighted by atomic mass is 9.76. The van der Waals surface area contributed by atoms with E-state index < -0.39 is 17.7 Å². The van der Waals surface area contributed by atoms with Crippen LogP contribution >= 0.6 is 0 Å². The summed E-state index contributed by atoms with van der Waals surface area (Å²) in [4.78, 5) is 11.6. The number of benzene rings is 2. The van der Waals surface area contributed by atoms with Gasteiger partial charge in [-0.1, -0.05) is 36.4 Å². The summed E-state index contributed by atoms with van der Waals surface area (Å²) in [5.74, 6) is -0.373. The maximum atomic E-state index is 13.5. The van der Waals surface area contributed by atoms with Crippen molar-refractivity contribution in [1.29, 1.82) is 0 Å². The number of methoxy groups -OCH3 is 1. The van der Waals surface area contributed by atoms with E-state index in [4.69, 9.17) is 4.74 Å². The van der Waals surface area contributed by atoms with Crippen molar-refractivity contribution in [2.45, 2.75) is 24.6 Å². The van der Waals surface area contributed by atoms with Gasteiger partial charge in [0.2, 0.25) is 0 Å². The standard InChI is InChI=1S/C21H18F3NO2/c1-27-20(26)13-10-8-12(9-11-13)18-15-5-2-4-14(15)16-6-3-7-17(19(16)25-18)21(22,23)24/h2-4,6-11,14-15,18,25H,5H2,1H3/t14-,15-,18-/m0/s1. The Hall–Kier alpha value is -2.76. The lowest BCUT2D eigenvalue weighted by molar-refractivity contribution is -0.137. The summed E-state index contributed by atoms with van der Waals surface area (Å²) < 4.78 is 45.3. The highest BCUT2D eigenvalue weighted by Gasteiger charge is 2.42. The third kappa shape index (κ3) is 2.99. The Morgan fingerprint density at radius 3 is 2.56 bits per heavy atom. The van der Waals surface area contributed by atoms with Gasteiger partial charge in [-0.3, -0.25) is 0 Å². The minimum absolute atomic E-state index is 0.0613. The van der Waals surface area contributed by atoms with Crippen LogP contribution in [0, 0.1) is 5.92 Å². The smallest absolute Gasteiger partial charge is 0.418 e. The number of anilines is 1. The molecule has 1 aliphatic carbocycles. The number of halogens is 3. The van der Waals surface area contributed by atoms with Gasteiger partial charge in [0.15, 0.2) is 0 Å². The summed E-state index contributed by atoms with van der Waals surface area (Å²) in [7, 11) is 1.31. The van der Waals surface area contributed by atoms with E-state index in [2.05, 4.69) is 5.32 Å². The number of esters is 1. The van der Waals surface area contributed by atoms with Gasteiger partial charge in [0.1, 0.15) is 0 Å². The largest absolute Gasteiger partial charge is 0.465 e. The van der Waals surface area contributed by atoms with Crippen molar-refractivity contribution in [2.24, 2.45) is 5.92 Å². The number of hydrogen-bond acceptors (Lipinski definition) is 3. The third-order valence-electron chi connectivity index (χ3n) is 5.39. The number of hydrogen-bond donors (Lipinski definition) is 1. The van der Waals surface area contributed by atoms with Crippen LogP contribution in [0.25, 0.3) is 0 Å². The average Bonchev–Trinajstić information content (AvgIpc) is 3.15. The van der Waals surface area contributed by atoms with Crippen molar-refractivity contribution < 1.29 is 22.7 Å². The molecule has 0 radical (unpaired) electrons. The zero-order valence-corrected chi connectivity index (χ0v) is 14.6. The fourth-order valence-corrected chi connectivity index (χ4v) is 4.13. The first kappa shape index (κ1) is 17.6. The van der Waals surface area contributed by atoms with Gasteiger partial charge in [0.25, 0.3) is 0 Å². The number of fused-ring (bicyclic) bond motifs is 3. The topological polar surface area (TPSA) is 38.3 Å². The molecule has 6 heteroatoms. The van der Waals surface area contributed by atoms with Crippen molar-refractivity contribution in [1.82, 2.24) is 0 Å². The van der Waals surface area contributed by atoms with Crippen LogP contribution in [0.2, 0.25) is 0 Å². The summed E-state index contributed by atoms with van der Waals surface area (Å²) in [5, 5.41) is 3.15. The second kappa shape index (κ2) is 6.44. The monoisotopic (exact) mass is 373 g/mol. The summed E-state index contributed by atoms with van der Waals surface area (Å²) >= 11 is 0. The number of carbonyl (C=O) groups is 1. The van der Waals surface area contributed by atoms with E-state index in [1.165, 1.54) is 13.2 Å². The fourth-order valence-electron chi connectivity index (χ4n) is 4.13. The highest BCUT2D eigenvalue weighted by molar-refractivity contribution is 5.89. The molecule has 0 saturated carbocycles. The summed E-state index contributed by atoms with van der Waals surface area (Å²) in [6.07, 6.45) is 0.395. The van der Waals surface area contributed by atoms with Crippen molar-refractivity contribution in [3.63, 3.8) is 0 Å². The summed E-state index contributed by atoms with van der Waals surface area (Å²) in [5.41, 5.74) is 1.46.